The van der Waals surface area contributed by atoms with E-state index >= 15 is 0 Å². The molecule has 2 fully saturated rings. The number of rotatable bonds is 6. The Morgan fingerprint density at radius 2 is 1.74 bits per heavy atom. The number of ether oxygens (including phenoxy) is 2. The first-order valence-electron chi connectivity index (χ1n) is 11.2. The molecule has 1 unspecified atom stereocenters. The highest BCUT2D eigenvalue weighted by molar-refractivity contribution is 6.05. The largest absolute Gasteiger partial charge is 0.491 e. The molecule has 2 aromatic rings. The molecule has 0 saturated carbocycles. The van der Waals surface area contributed by atoms with Crippen LogP contribution in [0.2, 0.25) is 0 Å². The van der Waals surface area contributed by atoms with Crippen LogP contribution in [0.25, 0.3) is 0 Å². The van der Waals surface area contributed by atoms with Gasteiger partial charge in [0, 0.05) is 36.5 Å². The summed E-state index contributed by atoms with van der Waals surface area (Å²) < 4.78 is 11.3. The van der Waals surface area contributed by atoms with E-state index < -0.39 is 0 Å². The van der Waals surface area contributed by atoms with Crippen molar-refractivity contribution in [1.82, 2.24) is 4.90 Å². The van der Waals surface area contributed by atoms with Crippen molar-refractivity contribution in [2.24, 2.45) is 0 Å². The lowest BCUT2D eigenvalue weighted by atomic mass is 10.1. The summed E-state index contributed by atoms with van der Waals surface area (Å²) in [5.74, 6) is 0.535. The van der Waals surface area contributed by atoms with Crippen LogP contribution in [-0.2, 0) is 4.74 Å². The number of nitrogens with zero attached hydrogens (tertiary/aromatic N) is 1. The molecule has 0 aromatic heterocycles. The highest BCUT2D eigenvalue weighted by Crippen LogP contribution is 2.19. The van der Waals surface area contributed by atoms with Crippen LogP contribution in [0.4, 0.5) is 5.69 Å². The summed E-state index contributed by atoms with van der Waals surface area (Å²) in [6.45, 7) is 2.94. The van der Waals surface area contributed by atoms with Gasteiger partial charge in [-0.1, -0.05) is 18.9 Å². The molecule has 2 heterocycles. The van der Waals surface area contributed by atoms with Crippen LogP contribution in [0.15, 0.2) is 48.5 Å². The number of amides is 2. The minimum absolute atomic E-state index is 0.0331. The van der Waals surface area contributed by atoms with Crippen LogP contribution in [0.3, 0.4) is 0 Å². The molecular formula is C25H30N2O4. The zero-order valence-electron chi connectivity index (χ0n) is 17.8. The van der Waals surface area contributed by atoms with Crippen molar-refractivity contribution in [3.05, 3.63) is 59.7 Å². The highest BCUT2D eigenvalue weighted by Gasteiger charge is 2.18. The number of hydrogen-bond donors (Lipinski definition) is 1. The Labute approximate surface area is 183 Å². The normalized spacial score (nSPS) is 19.0. The van der Waals surface area contributed by atoms with Crippen LogP contribution in [0.5, 0.6) is 5.75 Å². The Balaban J connectivity index is 1.34. The Kier molecular flexibility index (Phi) is 7.20. The molecule has 2 amide bonds. The highest BCUT2D eigenvalue weighted by atomic mass is 16.5. The minimum atomic E-state index is -0.218. The van der Waals surface area contributed by atoms with Crippen LogP contribution in [0, 0.1) is 0 Å². The predicted octanol–water partition coefficient (Wildman–Crippen LogP) is 4.51. The first-order valence-corrected chi connectivity index (χ1v) is 11.2. The summed E-state index contributed by atoms with van der Waals surface area (Å²) >= 11 is 0. The maximum Gasteiger partial charge on any atom is 0.255 e. The standard InChI is InChI=1S/C25H30N2O4/c28-24(19-10-12-22(13-11-19)31-18-23-9-6-16-30-23)26-21-8-5-7-20(17-21)25(29)27-14-3-1-2-4-15-27/h5,7-8,10-13,17,23H,1-4,6,9,14-16,18H2,(H,26,28). The van der Waals surface area contributed by atoms with Crippen molar-refractivity contribution < 1.29 is 19.1 Å². The number of benzene rings is 2. The maximum atomic E-state index is 12.8. The van der Waals surface area contributed by atoms with E-state index in [4.69, 9.17) is 9.47 Å². The fourth-order valence-corrected chi connectivity index (χ4v) is 4.06. The smallest absolute Gasteiger partial charge is 0.255 e. The van der Waals surface area contributed by atoms with Gasteiger partial charge in [0.2, 0.25) is 0 Å². The Morgan fingerprint density at radius 1 is 0.968 bits per heavy atom. The lowest BCUT2D eigenvalue weighted by Gasteiger charge is -2.20. The van der Waals surface area contributed by atoms with Crippen LogP contribution >= 0.6 is 0 Å². The molecule has 6 heteroatoms. The number of likely N-dealkylation sites (tertiary alicyclic amines) is 1. The van der Waals surface area contributed by atoms with Gasteiger partial charge < -0.3 is 19.7 Å². The zero-order valence-corrected chi connectivity index (χ0v) is 17.8. The quantitative estimate of drug-likeness (QED) is 0.744. The molecule has 6 nitrogen and oxygen atoms in total. The van der Waals surface area contributed by atoms with Gasteiger partial charge in [0.15, 0.2) is 0 Å². The van der Waals surface area contributed by atoms with E-state index in [1.807, 2.05) is 17.0 Å². The SMILES string of the molecule is O=C(Nc1cccc(C(=O)N2CCCCCC2)c1)c1ccc(OCC2CCCO2)cc1. The fraction of sp³-hybridized carbons (Fsp3) is 0.440. The van der Waals surface area contributed by atoms with Gasteiger partial charge in [-0.05, 0) is 68.1 Å². The third kappa shape index (κ3) is 5.85. The molecule has 31 heavy (non-hydrogen) atoms. The van der Waals surface area contributed by atoms with Gasteiger partial charge in [-0.2, -0.15) is 0 Å². The molecule has 4 rings (SSSR count). The van der Waals surface area contributed by atoms with Crippen molar-refractivity contribution in [1.29, 1.82) is 0 Å². The predicted molar refractivity (Wildman–Crippen MR) is 120 cm³/mol. The second-order valence-corrected chi connectivity index (χ2v) is 8.21. The van der Waals surface area contributed by atoms with E-state index in [0.717, 1.165) is 51.1 Å². The fourth-order valence-electron chi connectivity index (χ4n) is 4.06. The molecule has 0 aliphatic carbocycles. The van der Waals surface area contributed by atoms with Crippen LogP contribution in [0.1, 0.15) is 59.2 Å². The number of nitrogens with one attached hydrogen (secondary N) is 1. The molecule has 164 valence electrons. The molecule has 1 N–H and O–H groups in total. The number of carbonyl (C=O) groups excluding carboxylic acids is 2. The van der Waals surface area contributed by atoms with Crippen molar-refractivity contribution in [2.75, 3.05) is 31.6 Å². The van der Waals surface area contributed by atoms with Crippen molar-refractivity contribution >= 4 is 17.5 Å². The lowest BCUT2D eigenvalue weighted by molar-refractivity contribution is 0.0679. The van der Waals surface area contributed by atoms with Gasteiger partial charge in [-0.3, -0.25) is 9.59 Å². The Bertz CT molecular complexity index is 883. The average Bonchev–Trinajstić information content (AvgIpc) is 3.18. The summed E-state index contributed by atoms with van der Waals surface area (Å²) in [6, 6.07) is 14.2. The monoisotopic (exact) mass is 422 g/mol. The van der Waals surface area contributed by atoms with Gasteiger partial charge in [-0.25, -0.2) is 0 Å². The molecule has 2 aliphatic rings. The van der Waals surface area contributed by atoms with E-state index in [9.17, 15) is 9.59 Å². The molecule has 0 bridgehead atoms. The van der Waals surface area contributed by atoms with E-state index in [2.05, 4.69) is 5.32 Å². The average molecular weight is 423 g/mol. The maximum absolute atomic E-state index is 12.8. The summed E-state index contributed by atoms with van der Waals surface area (Å²) in [5.41, 5.74) is 1.76. The molecular weight excluding hydrogens is 392 g/mol. The molecule has 2 aromatic carbocycles. The van der Waals surface area contributed by atoms with E-state index in [-0.39, 0.29) is 17.9 Å². The summed E-state index contributed by atoms with van der Waals surface area (Å²) in [6.07, 6.45) is 6.73. The van der Waals surface area contributed by atoms with Gasteiger partial charge in [0.05, 0.1) is 6.10 Å². The first kappa shape index (κ1) is 21.4. The number of carbonyl (C=O) groups is 2. The Morgan fingerprint density at radius 3 is 2.45 bits per heavy atom. The van der Waals surface area contributed by atoms with Crippen molar-refractivity contribution in [2.45, 2.75) is 44.6 Å². The molecule has 1 atom stereocenters. The zero-order chi connectivity index (χ0) is 21.5. The topological polar surface area (TPSA) is 67.9 Å². The van der Waals surface area contributed by atoms with Crippen LogP contribution in [-0.4, -0.2) is 49.1 Å². The van der Waals surface area contributed by atoms with E-state index in [1.165, 1.54) is 12.8 Å². The van der Waals surface area contributed by atoms with Gasteiger partial charge in [0.1, 0.15) is 12.4 Å². The molecule has 2 aliphatic heterocycles. The van der Waals surface area contributed by atoms with Gasteiger partial charge in [-0.15, -0.1) is 0 Å². The van der Waals surface area contributed by atoms with E-state index in [0.29, 0.717) is 23.4 Å². The third-order valence-electron chi connectivity index (χ3n) is 5.84. The number of anilines is 1. The summed E-state index contributed by atoms with van der Waals surface area (Å²) in [5, 5.41) is 2.89. The van der Waals surface area contributed by atoms with E-state index in [1.54, 1.807) is 36.4 Å². The first-order chi connectivity index (χ1) is 15.2. The number of hydrogen-bond acceptors (Lipinski definition) is 4. The molecule has 0 radical (unpaired) electrons. The van der Waals surface area contributed by atoms with Crippen molar-refractivity contribution in [3.8, 4) is 5.75 Å². The summed E-state index contributed by atoms with van der Waals surface area (Å²) in [7, 11) is 0. The van der Waals surface area contributed by atoms with Gasteiger partial charge in [0.25, 0.3) is 11.8 Å². The third-order valence-corrected chi connectivity index (χ3v) is 5.84. The molecule has 0 spiro atoms. The minimum Gasteiger partial charge on any atom is -0.491 e. The summed E-state index contributed by atoms with van der Waals surface area (Å²) in [4.78, 5) is 27.4. The van der Waals surface area contributed by atoms with Crippen LogP contribution < -0.4 is 10.1 Å². The van der Waals surface area contributed by atoms with Crippen molar-refractivity contribution in [3.63, 3.8) is 0 Å². The lowest BCUT2D eigenvalue weighted by Crippen LogP contribution is -2.31. The Hall–Kier alpha value is -2.86. The van der Waals surface area contributed by atoms with Gasteiger partial charge >= 0.3 is 0 Å². The second-order valence-electron chi connectivity index (χ2n) is 8.21. The second kappa shape index (κ2) is 10.4. The molecule has 2 saturated heterocycles.